The molecule has 9 rings (SSSR count). The van der Waals surface area contributed by atoms with Gasteiger partial charge in [-0.05, 0) is 102 Å². The van der Waals surface area contributed by atoms with Crippen molar-refractivity contribution in [3.8, 4) is 11.5 Å². The largest absolute Gasteiger partial charge is 0.459 e. The van der Waals surface area contributed by atoms with E-state index in [-0.39, 0.29) is 56.0 Å². The molecule has 0 bridgehead atoms. The summed E-state index contributed by atoms with van der Waals surface area (Å²) in [5, 5.41) is 30.2. The third-order valence-electron chi connectivity index (χ3n) is 14.2. The van der Waals surface area contributed by atoms with Crippen LogP contribution in [0.4, 0.5) is 4.79 Å². The Kier molecular flexibility index (Phi) is 15.0. The highest BCUT2D eigenvalue weighted by atomic mass is 16.7. The molecule has 11 nitrogen and oxygen atoms in total. The third-order valence-corrected chi connectivity index (χ3v) is 14.2. The van der Waals surface area contributed by atoms with Gasteiger partial charge in [0, 0.05) is 50.1 Å². The number of hydrogen-bond donors (Lipinski definition) is 3. The van der Waals surface area contributed by atoms with Crippen molar-refractivity contribution in [1.82, 2.24) is 10.2 Å². The molecule has 2 amide bonds. The van der Waals surface area contributed by atoms with Crippen molar-refractivity contribution in [2.75, 3.05) is 19.8 Å². The maximum Gasteiger partial charge on any atom is 0.412 e. The minimum Gasteiger partial charge on any atom is -0.459 e. The number of benzene rings is 5. The molecule has 68 heavy (non-hydrogen) atoms. The van der Waals surface area contributed by atoms with E-state index >= 15 is 4.79 Å². The molecule has 6 atom stereocenters. The number of oxime groups is 1. The average molecular weight is 918 g/mol. The van der Waals surface area contributed by atoms with Crippen LogP contribution < -0.4 is 14.8 Å². The molecule has 3 aliphatic carbocycles. The van der Waals surface area contributed by atoms with Crippen molar-refractivity contribution < 1.29 is 38.9 Å². The molecule has 2 saturated carbocycles. The van der Waals surface area contributed by atoms with Gasteiger partial charge in [0.25, 0.3) is 0 Å². The molecular weight excluding hydrogens is 855 g/mol. The van der Waals surface area contributed by atoms with Gasteiger partial charge in [0.15, 0.2) is 0 Å². The first-order chi connectivity index (χ1) is 33.4. The number of aliphatic hydroxyl groups excluding tert-OH is 2. The zero-order chi connectivity index (χ0) is 46.9. The van der Waals surface area contributed by atoms with Gasteiger partial charge in [-0.3, -0.25) is 4.79 Å². The van der Waals surface area contributed by atoms with Gasteiger partial charge in [-0.25, -0.2) is 4.79 Å². The minimum absolute atomic E-state index is 0.00129. The maximum atomic E-state index is 15.2. The number of unbranched alkanes of at least 4 members (excludes halogenated alkanes) is 2. The number of aliphatic hydroxyl groups is 2. The topological polar surface area (TPSA) is 139 Å². The van der Waals surface area contributed by atoms with Gasteiger partial charge < -0.3 is 39.5 Å². The Morgan fingerprint density at radius 3 is 2.32 bits per heavy atom. The maximum absolute atomic E-state index is 15.2. The van der Waals surface area contributed by atoms with Gasteiger partial charge in [0.05, 0.1) is 18.2 Å². The molecule has 1 heterocycles. The van der Waals surface area contributed by atoms with E-state index < -0.39 is 23.8 Å². The molecule has 0 radical (unpaired) electrons. The molecule has 0 aromatic heterocycles. The van der Waals surface area contributed by atoms with E-state index in [9.17, 15) is 15.0 Å². The number of carbonyl (C=O) groups excluding carboxylic acids is 2. The molecule has 0 saturated heterocycles. The predicted molar refractivity (Wildman–Crippen MR) is 263 cm³/mol. The number of allylic oxidation sites excluding steroid dienone is 1. The van der Waals surface area contributed by atoms with Crippen molar-refractivity contribution in [2.24, 2.45) is 28.8 Å². The molecule has 0 spiro atoms. The summed E-state index contributed by atoms with van der Waals surface area (Å²) < 4.78 is 20.8. The van der Waals surface area contributed by atoms with Crippen molar-refractivity contribution in [3.63, 3.8) is 0 Å². The highest BCUT2D eigenvalue weighted by molar-refractivity contribution is 6.03. The highest BCUT2D eigenvalue weighted by Gasteiger charge is 2.66. The summed E-state index contributed by atoms with van der Waals surface area (Å²) in [4.78, 5) is 36.9. The van der Waals surface area contributed by atoms with E-state index in [0.29, 0.717) is 43.9 Å². The Morgan fingerprint density at radius 1 is 0.853 bits per heavy atom. The lowest BCUT2D eigenvalue weighted by Gasteiger charge is -2.60. The number of carbonyl (C=O) groups is 2. The minimum atomic E-state index is -1.42. The second kappa shape index (κ2) is 21.8. The van der Waals surface area contributed by atoms with Crippen molar-refractivity contribution in [1.29, 1.82) is 0 Å². The smallest absolute Gasteiger partial charge is 0.412 e. The van der Waals surface area contributed by atoms with Gasteiger partial charge in [0.1, 0.15) is 24.1 Å². The Bertz CT molecular complexity index is 2590. The number of rotatable bonds is 21. The van der Waals surface area contributed by atoms with Gasteiger partial charge >= 0.3 is 6.09 Å². The first-order valence-electron chi connectivity index (χ1n) is 24.4. The molecule has 354 valence electrons. The summed E-state index contributed by atoms with van der Waals surface area (Å²) in [7, 11) is 0. The average Bonchev–Trinajstić information content (AvgIpc) is 4.23. The van der Waals surface area contributed by atoms with Crippen LogP contribution in [0, 0.1) is 23.7 Å². The fraction of sp³-hybridized carbons (Fsp3) is 0.386. The van der Waals surface area contributed by atoms with Crippen molar-refractivity contribution in [3.05, 3.63) is 168 Å². The molecule has 0 unspecified atom stereocenters. The van der Waals surface area contributed by atoms with E-state index in [2.05, 4.69) is 42.2 Å². The molecule has 4 aliphatic rings. The van der Waals surface area contributed by atoms with Crippen molar-refractivity contribution in [2.45, 2.75) is 95.2 Å². The number of nitrogens with one attached hydrogen (secondary N) is 1. The van der Waals surface area contributed by atoms with Gasteiger partial charge in [0.2, 0.25) is 11.7 Å². The molecular formula is C57H63N3O8. The first kappa shape index (κ1) is 46.8. The number of hydrogen-bond acceptors (Lipinski definition) is 9. The van der Waals surface area contributed by atoms with Crippen LogP contribution in [0.3, 0.4) is 0 Å². The number of amides is 2. The van der Waals surface area contributed by atoms with Crippen LogP contribution >= 0.6 is 0 Å². The van der Waals surface area contributed by atoms with E-state index in [1.165, 1.54) is 0 Å². The summed E-state index contributed by atoms with van der Waals surface area (Å²) in [5.74, 6) is -1.30. The lowest BCUT2D eigenvalue weighted by molar-refractivity contribution is -0.258. The summed E-state index contributed by atoms with van der Waals surface area (Å²) in [6.45, 7) is 5.30. The van der Waals surface area contributed by atoms with Crippen LogP contribution in [0.1, 0.15) is 86.0 Å². The van der Waals surface area contributed by atoms with Crippen LogP contribution in [-0.4, -0.2) is 64.5 Å². The first-order valence-corrected chi connectivity index (χ1v) is 24.4. The predicted octanol–water partition coefficient (Wildman–Crippen LogP) is 10.4. The molecule has 2 fully saturated rings. The standard InChI is InChI=1S/C57H63N3O8/c1-2-32-65-57-52(60(55(63)42-26-27-42)37-44-23-15-22-41-20-9-10-24-46(41)44)35-50(59-66-38-40-18-7-4-8-19-40)48-33-43(21-11-13-30-61)47(25-12-14-31-62)53(54(48)57)49-34-45(28-29-51(49)68-57)67-56(64)58-36-39-16-5-3-6-17-39/h2-10,15-20,22-24,28-29,33-34,42-43,47,52-54,61-62H,1,11-14,21,25-27,30-32,35-38H2,(H,58,64)/t43-,47+,52-,53+,54+,57+/m0/s1. The van der Waals surface area contributed by atoms with Gasteiger partial charge in [-0.2, -0.15) is 0 Å². The quantitative estimate of drug-likeness (QED) is 0.0376. The second-order valence-corrected chi connectivity index (χ2v) is 18.6. The van der Waals surface area contributed by atoms with Crippen LogP contribution in [0.5, 0.6) is 11.5 Å². The van der Waals surface area contributed by atoms with Crippen LogP contribution in [0.15, 0.2) is 151 Å². The third kappa shape index (κ3) is 10.3. The molecule has 5 aromatic rings. The second-order valence-electron chi connectivity index (χ2n) is 18.6. The Morgan fingerprint density at radius 2 is 1.57 bits per heavy atom. The zero-order valence-corrected chi connectivity index (χ0v) is 38.7. The fourth-order valence-corrected chi connectivity index (χ4v) is 10.9. The van der Waals surface area contributed by atoms with E-state index in [0.717, 1.165) is 82.8 Å². The van der Waals surface area contributed by atoms with E-state index in [4.69, 9.17) is 24.2 Å². The Balaban J connectivity index is 1.21. The van der Waals surface area contributed by atoms with E-state index in [1.54, 1.807) is 12.1 Å². The highest BCUT2D eigenvalue weighted by Crippen LogP contribution is 2.62. The Hall–Kier alpha value is -6.27. The molecule has 11 heteroatoms. The van der Waals surface area contributed by atoms with Crippen LogP contribution in [0.2, 0.25) is 0 Å². The normalized spacial score (nSPS) is 23.1. The fourth-order valence-electron chi connectivity index (χ4n) is 10.9. The number of nitrogens with zero attached hydrogens (tertiary/aromatic N) is 2. The summed E-state index contributed by atoms with van der Waals surface area (Å²) in [6.07, 6.45) is 9.87. The molecule has 5 aromatic carbocycles. The van der Waals surface area contributed by atoms with Crippen LogP contribution in [0.25, 0.3) is 10.8 Å². The van der Waals surface area contributed by atoms with E-state index in [1.807, 2.05) is 95.9 Å². The zero-order valence-electron chi connectivity index (χ0n) is 38.7. The molecule has 1 aliphatic heterocycles. The lowest BCUT2D eigenvalue weighted by atomic mass is 9.55. The summed E-state index contributed by atoms with van der Waals surface area (Å²) in [5.41, 5.74) is 5.48. The molecule has 3 N–H and O–H groups in total. The van der Waals surface area contributed by atoms with Crippen molar-refractivity contribution >= 4 is 28.5 Å². The summed E-state index contributed by atoms with van der Waals surface area (Å²) >= 11 is 0. The Labute approximate surface area is 399 Å². The SMILES string of the molecule is C=CCO[C@@]12Oc3ccc(OC(=O)NCc4ccccc4)cc3[C@H]3[C@H](CCCCO)[C@@H](CCCCO)C=C(C(=NOCc4ccccc4)C[C@@H]1N(Cc1cccc4ccccc14)C(=O)C1CC1)[C@H]32. The van der Waals surface area contributed by atoms with Gasteiger partial charge in [-0.15, -0.1) is 6.58 Å². The van der Waals surface area contributed by atoms with Gasteiger partial charge in [-0.1, -0.05) is 133 Å². The summed E-state index contributed by atoms with van der Waals surface area (Å²) in [6, 6.07) is 39.0. The monoisotopic (exact) mass is 917 g/mol. The van der Waals surface area contributed by atoms with Crippen LogP contribution in [-0.2, 0) is 34.1 Å². The lowest BCUT2D eigenvalue weighted by Crippen LogP contribution is -2.70. The number of fused-ring (bicyclic) bond motifs is 3. The number of ether oxygens (including phenoxy) is 3.